The molecule has 0 aromatic carbocycles. The average molecular weight is 215 g/mol. The van der Waals surface area contributed by atoms with Crippen LogP contribution in [0.3, 0.4) is 0 Å². The molecule has 0 bridgehead atoms. The number of rotatable bonds is 4. The third kappa shape index (κ3) is 3.18. The van der Waals surface area contributed by atoms with E-state index < -0.39 is 5.54 Å². The second-order valence-electron chi connectivity index (χ2n) is 4.74. The molecule has 0 aliphatic heterocycles. The molecule has 4 heteroatoms. The number of hydrogen-bond donors (Lipinski definition) is 1. The van der Waals surface area contributed by atoms with Crippen LogP contribution >= 0.6 is 0 Å². The van der Waals surface area contributed by atoms with Gasteiger partial charge in [-0.05, 0) is 18.8 Å². The van der Waals surface area contributed by atoms with E-state index >= 15 is 0 Å². The van der Waals surface area contributed by atoms with E-state index in [0.29, 0.717) is 18.8 Å². The van der Waals surface area contributed by atoms with Crippen molar-refractivity contribution in [3.8, 4) is 0 Å². The molecule has 2 N–H and O–H groups in total. The number of nitrogens with two attached hydrogens (primary N) is 1. The Balaban J connectivity index is 2.41. The summed E-state index contributed by atoms with van der Waals surface area (Å²) in [5.74, 6) is 0.189. The summed E-state index contributed by atoms with van der Waals surface area (Å²) in [5.41, 5.74) is 5.13. The van der Waals surface area contributed by atoms with Gasteiger partial charge in [-0.25, -0.2) is 0 Å². The molecule has 88 valence electrons. The molecule has 2 atom stereocenters. The topological polar surface area (TPSA) is 61.5 Å². The van der Waals surface area contributed by atoms with E-state index in [-0.39, 0.29) is 12.1 Å². The molecule has 0 spiro atoms. The molecule has 4 nitrogen and oxygen atoms in total. The first-order valence-corrected chi connectivity index (χ1v) is 5.47. The van der Waals surface area contributed by atoms with Crippen molar-refractivity contribution >= 4 is 5.97 Å². The highest BCUT2D eigenvalue weighted by Gasteiger charge is 2.43. The Morgan fingerprint density at radius 3 is 2.80 bits per heavy atom. The molecule has 1 aliphatic carbocycles. The fourth-order valence-electron chi connectivity index (χ4n) is 1.89. The molecule has 15 heavy (non-hydrogen) atoms. The molecule has 1 saturated carbocycles. The zero-order valence-electron chi connectivity index (χ0n) is 9.79. The minimum atomic E-state index is -0.823. The van der Waals surface area contributed by atoms with Crippen molar-refractivity contribution in [1.82, 2.24) is 0 Å². The van der Waals surface area contributed by atoms with Crippen LogP contribution in [0.25, 0.3) is 0 Å². The summed E-state index contributed by atoms with van der Waals surface area (Å²) in [6.07, 6.45) is 2.18. The molecular formula is C11H21NO3. The number of carbonyl (C=O) groups is 1. The summed E-state index contributed by atoms with van der Waals surface area (Å²) in [5, 5.41) is 0. The molecule has 1 aliphatic rings. The molecule has 0 saturated heterocycles. The van der Waals surface area contributed by atoms with Crippen molar-refractivity contribution in [3.63, 3.8) is 0 Å². The summed E-state index contributed by atoms with van der Waals surface area (Å²) in [6.45, 7) is 4.93. The van der Waals surface area contributed by atoms with Gasteiger partial charge < -0.3 is 15.2 Å². The highest BCUT2D eigenvalue weighted by molar-refractivity contribution is 5.80. The Morgan fingerprint density at radius 1 is 1.60 bits per heavy atom. The van der Waals surface area contributed by atoms with E-state index in [0.717, 1.165) is 13.0 Å². The van der Waals surface area contributed by atoms with Gasteiger partial charge in [-0.1, -0.05) is 13.8 Å². The van der Waals surface area contributed by atoms with Crippen LogP contribution < -0.4 is 5.73 Å². The molecule has 0 aromatic rings. The standard InChI is InChI=1S/C11H21NO3/c1-8(2)7-15-9-4-5-11(12,6-9)10(13)14-3/h8-9H,4-7,12H2,1-3H3. The first-order valence-electron chi connectivity index (χ1n) is 5.47. The molecule has 0 heterocycles. The second kappa shape index (κ2) is 4.94. The lowest BCUT2D eigenvalue weighted by atomic mass is 10.00. The summed E-state index contributed by atoms with van der Waals surface area (Å²) < 4.78 is 10.4. The molecule has 0 aromatic heterocycles. The summed E-state index contributed by atoms with van der Waals surface area (Å²) in [7, 11) is 1.37. The van der Waals surface area contributed by atoms with Crippen molar-refractivity contribution < 1.29 is 14.3 Å². The number of methoxy groups -OCH3 is 1. The quantitative estimate of drug-likeness (QED) is 0.713. The Hall–Kier alpha value is -0.610. The van der Waals surface area contributed by atoms with Crippen LogP contribution in [0.15, 0.2) is 0 Å². The van der Waals surface area contributed by atoms with Gasteiger partial charge in [0, 0.05) is 13.0 Å². The van der Waals surface area contributed by atoms with Crippen molar-refractivity contribution in [3.05, 3.63) is 0 Å². The van der Waals surface area contributed by atoms with Gasteiger partial charge in [0.05, 0.1) is 13.2 Å². The Labute approximate surface area is 91.1 Å². The maximum absolute atomic E-state index is 11.4. The second-order valence-corrected chi connectivity index (χ2v) is 4.74. The zero-order chi connectivity index (χ0) is 11.5. The number of hydrogen-bond acceptors (Lipinski definition) is 4. The normalized spacial score (nSPS) is 30.9. The van der Waals surface area contributed by atoms with Gasteiger partial charge in [0.2, 0.25) is 0 Å². The highest BCUT2D eigenvalue weighted by Crippen LogP contribution is 2.31. The van der Waals surface area contributed by atoms with Crippen molar-refractivity contribution in [2.45, 2.75) is 44.8 Å². The fraction of sp³-hybridized carbons (Fsp3) is 0.909. The Kier molecular flexibility index (Phi) is 4.11. The van der Waals surface area contributed by atoms with Crippen LogP contribution in [0.2, 0.25) is 0 Å². The van der Waals surface area contributed by atoms with Crippen molar-refractivity contribution in [2.75, 3.05) is 13.7 Å². The SMILES string of the molecule is COC(=O)C1(N)CCC(OCC(C)C)C1. The van der Waals surface area contributed by atoms with Gasteiger partial charge in [-0.15, -0.1) is 0 Å². The van der Waals surface area contributed by atoms with E-state index in [2.05, 4.69) is 13.8 Å². The van der Waals surface area contributed by atoms with E-state index in [1.54, 1.807) is 0 Å². The van der Waals surface area contributed by atoms with E-state index in [9.17, 15) is 4.79 Å². The Morgan fingerprint density at radius 2 is 2.27 bits per heavy atom. The number of carbonyl (C=O) groups excluding carboxylic acids is 1. The molecule has 0 amide bonds. The van der Waals surface area contributed by atoms with Crippen LogP contribution in [0, 0.1) is 5.92 Å². The lowest BCUT2D eigenvalue weighted by Gasteiger charge is -2.20. The molecular weight excluding hydrogens is 194 g/mol. The van der Waals surface area contributed by atoms with Gasteiger partial charge in [0.1, 0.15) is 5.54 Å². The highest BCUT2D eigenvalue weighted by atomic mass is 16.5. The average Bonchev–Trinajstić information content (AvgIpc) is 2.57. The third-order valence-electron chi connectivity index (χ3n) is 2.76. The predicted octanol–water partition coefficient (Wildman–Crippen LogP) is 1.08. The van der Waals surface area contributed by atoms with Crippen LogP contribution in [0.5, 0.6) is 0 Å². The monoisotopic (exact) mass is 215 g/mol. The van der Waals surface area contributed by atoms with E-state index in [1.165, 1.54) is 7.11 Å². The number of esters is 1. The lowest BCUT2D eigenvalue weighted by Crippen LogP contribution is -2.46. The Bertz CT molecular complexity index is 230. The summed E-state index contributed by atoms with van der Waals surface area (Å²) in [4.78, 5) is 11.4. The van der Waals surface area contributed by atoms with Crippen LogP contribution in [-0.4, -0.2) is 31.3 Å². The number of ether oxygens (including phenoxy) is 2. The first kappa shape index (κ1) is 12.5. The third-order valence-corrected chi connectivity index (χ3v) is 2.76. The largest absolute Gasteiger partial charge is 0.468 e. The minimum Gasteiger partial charge on any atom is -0.468 e. The van der Waals surface area contributed by atoms with Crippen molar-refractivity contribution in [2.24, 2.45) is 11.7 Å². The summed E-state index contributed by atoms with van der Waals surface area (Å²) in [6, 6.07) is 0. The molecule has 1 fully saturated rings. The maximum atomic E-state index is 11.4. The van der Waals surface area contributed by atoms with Crippen LogP contribution in [-0.2, 0) is 14.3 Å². The molecule has 1 rings (SSSR count). The lowest BCUT2D eigenvalue weighted by molar-refractivity contribution is -0.147. The van der Waals surface area contributed by atoms with Gasteiger partial charge in [-0.2, -0.15) is 0 Å². The smallest absolute Gasteiger partial charge is 0.325 e. The maximum Gasteiger partial charge on any atom is 0.325 e. The van der Waals surface area contributed by atoms with Crippen molar-refractivity contribution in [1.29, 1.82) is 0 Å². The first-order chi connectivity index (χ1) is 6.98. The van der Waals surface area contributed by atoms with Gasteiger partial charge in [0.25, 0.3) is 0 Å². The predicted molar refractivity (Wildman–Crippen MR) is 57.4 cm³/mol. The zero-order valence-corrected chi connectivity index (χ0v) is 9.79. The molecule has 2 unspecified atom stereocenters. The molecule has 0 radical (unpaired) electrons. The van der Waals surface area contributed by atoms with Crippen LogP contribution in [0.1, 0.15) is 33.1 Å². The van der Waals surface area contributed by atoms with E-state index in [4.69, 9.17) is 15.2 Å². The summed E-state index contributed by atoms with van der Waals surface area (Å²) >= 11 is 0. The fourth-order valence-corrected chi connectivity index (χ4v) is 1.89. The van der Waals surface area contributed by atoms with E-state index in [1.807, 2.05) is 0 Å². The van der Waals surface area contributed by atoms with Gasteiger partial charge in [-0.3, -0.25) is 4.79 Å². The van der Waals surface area contributed by atoms with Gasteiger partial charge >= 0.3 is 5.97 Å². The van der Waals surface area contributed by atoms with Gasteiger partial charge in [0.15, 0.2) is 0 Å². The van der Waals surface area contributed by atoms with Crippen LogP contribution in [0.4, 0.5) is 0 Å². The minimum absolute atomic E-state index is 0.108.